The molecule has 14 heavy (non-hydrogen) atoms. The maximum atomic E-state index is 5.91. The molecular formula is C11H24N2O. The van der Waals surface area contributed by atoms with Gasteiger partial charge >= 0.3 is 0 Å². The smallest absolute Gasteiger partial charge is 0.0673 e. The number of nitrogens with two attached hydrogens (primary N) is 1. The molecule has 0 aromatic carbocycles. The topological polar surface area (TPSA) is 38.5 Å². The van der Waals surface area contributed by atoms with Crippen LogP contribution in [0.1, 0.15) is 33.1 Å². The molecule has 0 aromatic rings. The third-order valence-electron chi connectivity index (χ3n) is 2.88. The Labute approximate surface area is 87.6 Å². The predicted octanol–water partition coefficient (Wildman–Crippen LogP) is 1.22. The van der Waals surface area contributed by atoms with E-state index in [1.807, 2.05) is 0 Å². The molecule has 0 amide bonds. The van der Waals surface area contributed by atoms with Crippen LogP contribution in [0.4, 0.5) is 0 Å². The van der Waals surface area contributed by atoms with E-state index in [2.05, 4.69) is 18.7 Å². The Kier molecular flexibility index (Phi) is 5.45. The van der Waals surface area contributed by atoms with Crippen LogP contribution >= 0.6 is 0 Å². The van der Waals surface area contributed by atoms with E-state index in [0.717, 1.165) is 39.0 Å². The van der Waals surface area contributed by atoms with Gasteiger partial charge in [0, 0.05) is 25.7 Å². The van der Waals surface area contributed by atoms with Crippen LogP contribution in [0, 0.1) is 0 Å². The molecule has 3 heteroatoms. The summed E-state index contributed by atoms with van der Waals surface area (Å²) in [5, 5.41) is 0. The van der Waals surface area contributed by atoms with E-state index >= 15 is 0 Å². The van der Waals surface area contributed by atoms with Crippen molar-refractivity contribution in [1.29, 1.82) is 0 Å². The SMILES string of the molecule is CCC(N)CCN1CCCOC(C)C1. The van der Waals surface area contributed by atoms with E-state index in [-0.39, 0.29) is 0 Å². The van der Waals surface area contributed by atoms with Crippen molar-refractivity contribution >= 4 is 0 Å². The maximum Gasteiger partial charge on any atom is 0.0673 e. The van der Waals surface area contributed by atoms with Crippen molar-refractivity contribution in [3.8, 4) is 0 Å². The molecule has 1 fully saturated rings. The third kappa shape index (κ3) is 4.40. The molecule has 0 aliphatic carbocycles. The first-order chi connectivity index (χ1) is 6.72. The average Bonchev–Trinajstić information content (AvgIpc) is 2.39. The van der Waals surface area contributed by atoms with Gasteiger partial charge in [-0.05, 0) is 32.7 Å². The lowest BCUT2D eigenvalue weighted by atomic mass is 10.1. The Morgan fingerprint density at radius 2 is 2.36 bits per heavy atom. The van der Waals surface area contributed by atoms with Gasteiger partial charge in [0.25, 0.3) is 0 Å². The molecule has 2 unspecified atom stereocenters. The molecule has 2 N–H and O–H groups in total. The summed E-state index contributed by atoms with van der Waals surface area (Å²) in [7, 11) is 0. The molecule has 2 atom stereocenters. The molecule has 1 rings (SSSR count). The molecule has 0 saturated carbocycles. The van der Waals surface area contributed by atoms with Gasteiger partial charge in [0.15, 0.2) is 0 Å². The average molecular weight is 200 g/mol. The van der Waals surface area contributed by atoms with Crippen LogP contribution in [0.5, 0.6) is 0 Å². The Balaban J connectivity index is 2.21. The normalized spacial score (nSPS) is 27.2. The van der Waals surface area contributed by atoms with E-state index in [1.54, 1.807) is 0 Å². The fourth-order valence-corrected chi connectivity index (χ4v) is 1.84. The zero-order chi connectivity index (χ0) is 10.4. The molecule has 1 saturated heterocycles. The molecule has 3 nitrogen and oxygen atoms in total. The lowest BCUT2D eigenvalue weighted by Crippen LogP contribution is -2.34. The summed E-state index contributed by atoms with van der Waals surface area (Å²) in [6, 6.07) is 0.370. The summed E-state index contributed by atoms with van der Waals surface area (Å²) < 4.78 is 5.59. The second-order valence-electron chi connectivity index (χ2n) is 4.29. The molecule has 0 spiro atoms. The highest BCUT2D eigenvalue weighted by atomic mass is 16.5. The van der Waals surface area contributed by atoms with Crippen molar-refractivity contribution in [3.05, 3.63) is 0 Å². The molecule has 1 aliphatic heterocycles. The van der Waals surface area contributed by atoms with Gasteiger partial charge in [0.05, 0.1) is 6.10 Å². The Morgan fingerprint density at radius 3 is 3.07 bits per heavy atom. The first kappa shape index (κ1) is 12.0. The summed E-state index contributed by atoms with van der Waals surface area (Å²) in [6.45, 7) is 8.58. The monoisotopic (exact) mass is 200 g/mol. The van der Waals surface area contributed by atoms with E-state index in [9.17, 15) is 0 Å². The second-order valence-corrected chi connectivity index (χ2v) is 4.29. The number of ether oxygens (including phenoxy) is 1. The second kappa shape index (κ2) is 6.38. The van der Waals surface area contributed by atoms with Crippen molar-refractivity contribution in [2.75, 3.05) is 26.2 Å². The standard InChI is InChI=1S/C11H24N2O/c1-3-11(12)5-7-13-6-4-8-14-10(2)9-13/h10-11H,3-9,12H2,1-2H3. The maximum absolute atomic E-state index is 5.91. The minimum absolute atomic E-state index is 0.370. The van der Waals surface area contributed by atoms with Crippen molar-refractivity contribution in [2.24, 2.45) is 5.73 Å². The fraction of sp³-hybridized carbons (Fsp3) is 1.00. The molecule has 1 aliphatic rings. The van der Waals surface area contributed by atoms with E-state index in [1.165, 1.54) is 6.54 Å². The van der Waals surface area contributed by atoms with Gasteiger partial charge < -0.3 is 15.4 Å². The minimum Gasteiger partial charge on any atom is -0.377 e. The van der Waals surface area contributed by atoms with Crippen LogP contribution in [-0.4, -0.2) is 43.3 Å². The van der Waals surface area contributed by atoms with Crippen LogP contribution in [0.15, 0.2) is 0 Å². The highest BCUT2D eigenvalue weighted by molar-refractivity contribution is 4.69. The minimum atomic E-state index is 0.370. The van der Waals surface area contributed by atoms with Gasteiger partial charge in [0.2, 0.25) is 0 Å². The lowest BCUT2D eigenvalue weighted by Gasteiger charge is -2.22. The van der Waals surface area contributed by atoms with Crippen LogP contribution in [0.2, 0.25) is 0 Å². The zero-order valence-corrected chi connectivity index (χ0v) is 9.54. The first-order valence-electron chi connectivity index (χ1n) is 5.82. The molecule has 0 aromatic heterocycles. The van der Waals surface area contributed by atoms with Crippen molar-refractivity contribution in [1.82, 2.24) is 4.90 Å². The summed E-state index contributed by atoms with van der Waals surface area (Å²) in [6.07, 6.45) is 3.74. The van der Waals surface area contributed by atoms with Gasteiger partial charge in [-0.1, -0.05) is 6.92 Å². The molecule has 0 radical (unpaired) electrons. The molecule has 0 bridgehead atoms. The highest BCUT2D eigenvalue weighted by Gasteiger charge is 2.14. The zero-order valence-electron chi connectivity index (χ0n) is 9.54. The molecule has 1 heterocycles. The number of hydrogen-bond acceptors (Lipinski definition) is 3. The first-order valence-corrected chi connectivity index (χ1v) is 5.82. The Bertz CT molecular complexity index is 152. The highest BCUT2D eigenvalue weighted by Crippen LogP contribution is 2.06. The quantitative estimate of drug-likeness (QED) is 0.741. The van der Waals surface area contributed by atoms with E-state index < -0.39 is 0 Å². The Morgan fingerprint density at radius 1 is 1.57 bits per heavy atom. The summed E-state index contributed by atoms with van der Waals surface area (Å²) in [5.74, 6) is 0. The summed E-state index contributed by atoms with van der Waals surface area (Å²) in [4.78, 5) is 2.48. The van der Waals surface area contributed by atoms with Crippen LogP contribution in [0.25, 0.3) is 0 Å². The van der Waals surface area contributed by atoms with E-state index in [4.69, 9.17) is 10.5 Å². The van der Waals surface area contributed by atoms with Crippen molar-refractivity contribution < 1.29 is 4.74 Å². The molecular weight excluding hydrogens is 176 g/mol. The predicted molar refractivity (Wildman–Crippen MR) is 59.4 cm³/mol. The van der Waals surface area contributed by atoms with Crippen LogP contribution in [-0.2, 0) is 4.74 Å². The van der Waals surface area contributed by atoms with Crippen molar-refractivity contribution in [3.63, 3.8) is 0 Å². The van der Waals surface area contributed by atoms with Gasteiger partial charge in [-0.15, -0.1) is 0 Å². The van der Waals surface area contributed by atoms with Crippen molar-refractivity contribution in [2.45, 2.75) is 45.3 Å². The number of nitrogens with zero attached hydrogens (tertiary/aromatic N) is 1. The van der Waals surface area contributed by atoms with Gasteiger partial charge in [-0.2, -0.15) is 0 Å². The van der Waals surface area contributed by atoms with Gasteiger partial charge in [0.1, 0.15) is 0 Å². The van der Waals surface area contributed by atoms with Gasteiger partial charge in [-0.3, -0.25) is 0 Å². The van der Waals surface area contributed by atoms with Crippen LogP contribution < -0.4 is 5.73 Å². The lowest BCUT2D eigenvalue weighted by molar-refractivity contribution is 0.0674. The molecule has 84 valence electrons. The van der Waals surface area contributed by atoms with E-state index in [0.29, 0.717) is 12.1 Å². The number of hydrogen-bond donors (Lipinski definition) is 1. The largest absolute Gasteiger partial charge is 0.377 e. The van der Waals surface area contributed by atoms with Crippen LogP contribution in [0.3, 0.4) is 0 Å². The Hall–Kier alpha value is -0.120. The number of rotatable bonds is 4. The summed E-state index contributed by atoms with van der Waals surface area (Å²) >= 11 is 0. The third-order valence-corrected chi connectivity index (χ3v) is 2.88. The van der Waals surface area contributed by atoms with Gasteiger partial charge in [-0.25, -0.2) is 0 Å². The summed E-state index contributed by atoms with van der Waals surface area (Å²) in [5.41, 5.74) is 5.91. The fourth-order valence-electron chi connectivity index (χ4n) is 1.84.